The van der Waals surface area contributed by atoms with E-state index in [2.05, 4.69) is 25.8 Å². The van der Waals surface area contributed by atoms with Gasteiger partial charge in [0.2, 0.25) is 0 Å². The summed E-state index contributed by atoms with van der Waals surface area (Å²) in [6.07, 6.45) is 2.13. The number of urea groups is 1. The van der Waals surface area contributed by atoms with E-state index in [1.54, 1.807) is 0 Å². The van der Waals surface area contributed by atoms with Crippen molar-refractivity contribution in [3.05, 3.63) is 12.2 Å². The Hall–Kier alpha value is -2.16. The Morgan fingerprint density at radius 2 is 2.42 bits per heavy atom. The predicted molar refractivity (Wildman–Crippen MR) is 62.4 cm³/mol. The second-order valence-electron chi connectivity index (χ2n) is 4.25. The van der Waals surface area contributed by atoms with E-state index in [0.29, 0.717) is 25.4 Å². The molecule has 2 rings (SSSR count). The van der Waals surface area contributed by atoms with Gasteiger partial charge >= 0.3 is 12.0 Å². The Kier molecular flexibility index (Phi) is 3.95. The Bertz CT molecular complexity index is 441. The fraction of sp³-hybridized carbons (Fsp3) is 0.600. The summed E-state index contributed by atoms with van der Waals surface area (Å²) in [6, 6.07) is -0.535. The summed E-state index contributed by atoms with van der Waals surface area (Å²) in [5.74, 6) is -0.437. The van der Waals surface area contributed by atoms with Gasteiger partial charge in [-0.25, -0.2) is 14.6 Å². The number of carboxylic acid groups (broad SMARTS) is 1. The number of nitrogens with zero attached hydrogens (tertiary/aromatic N) is 2. The van der Waals surface area contributed by atoms with Crippen LogP contribution in [0.4, 0.5) is 4.79 Å². The number of hydrogen-bond acceptors (Lipinski definition) is 5. The average molecular weight is 269 g/mol. The summed E-state index contributed by atoms with van der Waals surface area (Å²) in [7, 11) is 0. The molecule has 0 aromatic carbocycles. The molecule has 1 atom stereocenters. The van der Waals surface area contributed by atoms with Crippen LogP contribution < -0.4 is 10.6 Å². The lowest BCUT2D eigenvalue weighted by Crippen LogP contribution is -2.57. The molecule has 1 saturated heterocycles. The van der Waals surface area contributed by atoms with Gasteiger partial charge in [0.05, 0.1) is 6.61 Å². The van der Waals surface area contributed by atoms with Gasteiger partial charge in [-0.05, 0) is 0 Å². The number of H-pyrrole nitrogens is 1. The fourth-order valence-corrected chi connectivity index (χ4v) is 1.79. The molecule has 2 amide bonds. The molecule has 0 bridgehead atoms. The van der Waals surface area contributed by atoms with Gasteiger partial charge in [0, 0.05) is 26.0 Å². The zero-order chi connectivity index (χ0) is 13.7. The predicted octanol–water partition coefficient (Wildman–Crippen LogP) is -1.11. The fourth-order valence-electron chi connectivity index (χ4n) is 1.79. The number of nitrogens with one attached hydrogen (secondary N) is 3. The summed E-state index contributed by atoms with van der Waals surface area (Å²) in [6.45, 7) is 0.639. The maximum absolute atomic E-state index is 11.6. The molecule has 9 heteroatoms. The van der Waals surface area contributed by atoms with E-state index in [1.807, 2.05) is 0 Å². The second kappa shape index (κ2) is 5.65. The largest absolute Gasteiger partial charge is 0.479 e. The van der Waals surface area contributed by atoms with Crippen molar-refractivity contribution in [1.82, 2.24) is 25.8 Å². The van der Waals surface area contributed by atoms with Gasteiger partial charge < -0.3 is 20.5 Å². The molecule has 9 nitrogen and oxygen atoms in total. The van der Waals surface area contributed by atoms with E-state index in [4.69, 9.17) is 9.84 Å². The third kappa shape index (κ3) is 3.19. The smallest absolute Gasteiger partial charge is 0.332 e. The first-order valence-corrected chi connectivity index (χ1v) is 5.84. The van der Waals surface area contributed by atoms with Gasteiger partial charge in [0.1, 0.15) is 12.2 Å². The molecule has 19 heavy (non-hydrogen) atoms. The van der Waals surface area contributed by atoms with Crippen LogP contribution in [0.3, 0.4) is 0 Å². The third-order valence-electron chi connectivity index (χ3n) is 2.90. The standard InChI is InChI=1S/C10H15N5O4/c16-8(17)10(2-4-19-5-10)14-9(18)11-3-1-7-12-6-13-15-7/h6H,1-5H2,(H,16,17)(H2,11,14,18)(H,12,13,15). The molecule has 1 aliphatic heterocycles. The minimum Gasteiger partial charge on any atom is -0.479 e. The number of amides is 2. The number of rotatable bonds is 5. The number of aromatic amines is 1. The summed E-state index contributed by atoms with van der Waals surface area (Å²) in [5.41, 5.74) is -1.32. The summed E-state index contributed by atoms with van der Waals surface area (Å²) >= 11 is 0. The molecule has 1 aromatic heterocycles. The normalized spacial score (nSPS) is 22.1. The molecule has 1 unspecified atom stereocenters. The van der Waals surface area contributed by atoms with Crippen molar-refractivity contribution in [3.63, 3.8) is 0 Å². The van der Waals surface area contributed by atoms with Crippen molar-refractivity contribution in [1.29, 1.82) is 0 Å². The highest BCUT2D eigenvalue weighted by Gasteiger charge is 2.43. The molecule has 0 spiro atoms. The van der Waals surface area contributed by atoms with Crippen molar-refractivity contribution in [3.8, 4) is 0 Å². The van der Waals surface area contributed by atoms with Crippen LogP contribution in [-0.4, -0.2) is 57.6 Å². The van der Waals surface area contributed by atoms with Crippen molar-refractivity contribution < 1.29 is 19.4 Å². The number of carboxylic acids is 1. The Balaban J connectivity index is 1.78. The molecule has 1 aromatic rings. The van der Waals surface area contributed by atoms with E-state index < -0.39 is 17.5 Å². The van der Waals surface area contributed by atoms with Gasteiger partial charge in [0.15, 0.2) is 5.54 Å². The first-order valence-electron chi connectivity index (χ1n) is 5.84. The number of aliphatic carboxylic acids is 1. The SMILES string of the molecule is O=C(NCCc1ncn[nH]1)NC1(C(=O)O)CCOC1. The first kappa shape index (κ1) is 13.3. The van der Waals surface area contributed by atoms with Crippen molar-refractivity contribution in [2.24, 2.45) is 0 Å². The maximum Gasteiger partial charge on any atom is 0.332 e. The maximum atomic E-state index is 11.6. The van der Waals surface area contributed by atoms with Crippen LogP contribution in [0.25, 0.3) is 0 Å². The van der Waals surface area contributed by atoms with Crippen LogP contribution in [0, 0.1) is 0 Å². The lowest BCUT2D eigenvalue weighted by molar-refractivity contribution is -0.144. The van der Waals surface area contributed by atoms with Crippen LogP contribution in [0.1, 0.15) is 12.2 Å². The molecule has 0 aliphatic carbocycles. The molecular formula is C10H15N5O4. The zero-order valence-electron chi connectivity index (χ0n) is 10.2. The van der Waals surface area contributed by atoms with E-state index in [-0.39, 0.29) is 13.0 Å². The Labute approximate surface area is 108 Å². The zero-order valence-corrected chi connectivity index (χ0v) is 10.2. The van der Waals surface area contributed by atoms with E-state index in [0.717, 1.165) is 0 Å². The lowest BCUT2D eigenvalue weighted by atomic mass is 9.99. The van der Waals surface area contributed by atoms with Gasteiger partial charge in [-0.15, -0.1) is 0 Å². The Morgan fingerprint density at radius 3 is 3.00 bits per heavy atom. The van der Waals surface area contributed by atoms with Gasteiger partial charge in [0.25, 0.3) is 0 Å². The van der Waals surface area contributed by atoms with Crippen LogP contribution in [0.5, 0.6) is 0 Å². The minimum atomic E-state index is -1.32. The number of carbonyl (C=O) groups is 2. The van der Waals surface area contributed by atoms with Crippen LogP contribution in [0.2, 0.25) is 0 Å². The highest BCUT2D eigenvalue weighted by atomic mass is 16.5. The molecule has 0 saturated carbocycles. The van der Waals surface area contributed by atoms with Crippen LogP contribution in [-0.2, 0) is 16.0 Å². The third-order valence-corrected chi connectivity index (χ3v) is 2.90. The molecule has 4 N–H and O–H groups in total. The molecule has 1 fully saturated rings. The number of carbonyl (C=O) groups excluding carboxylic acids is 1. The molecule has 2 heterocycles. The summed E-state index contributed by atoms with van der Waals surface area (Å²) < 4.78 is 5.04. The van der Waals surface area contributed by atoms with Crippen LogP contribution >= 0.6 is 0 Å². The van der Waals surface area contributed by atoms with Crippen LogP contribution in [0.15, 0.2) is 6.33 Å². The number of aromatic nitrogens is 3. The Morgan fingerprint density at radius 1 is 1.58 bits per heavy atom. The number of ether oxygens (including phenoxy) is 1. The monoisotopic (exact) mass is 269 g/mol. The van der Waals surface area contributed by atoms with Crippen molar-refractivity contribution in [2.45, 2.75) is 18.4 Å². The molecule has 104 valence electrons. The molecule has 0 radical (unpaired) electrons. The van der Waals surface area contributed by atoms with E-state index in [9.17, 15) is 9.59 Å². The lowest BCUT2D eigenvalue weighted by Gasteiger charge is -2.23. The van der Waals surface area contributed by atoms with E-state index in [1.165, 1.54) is 6.33 Å². The molecule has 1 aliphatic rings. The minimum absolute atomic E-state index is 0.0160. The van der Waals surface area contributed by atoms with Gasteiger partial charge in [-0.1, -0.05) is 0 Å². The topological polar surface area (TPSA) is 129 Å². The summed E-state index contributed by atoms with van der Waals surface area (Å²) in [5, 5.41) is 20.5. The van der Waals surface area contributed by atoms with Gasteiger partial charge in [-0.2, -0.15) is 5.10 Å². The van der Waals surface area contributed by atoms with Crippen molar-refractivity contribution in [2.75, 3.05) is 19.8 Å². The quantitative estimate of drug-likeness (QED) is 0.536. The number of hydrogen-bond donors (Lipinski definition) is 4. The van der Waals surface area contributed by atoms with Gasteiger partial charge in [-0.3, -0.25) is 5.10 Å². The summed E-state index contributed by atoms with van der Waals surface area (Å²) in [4.78, 5) is 26.7. The highest BCUT2D eigenvalue weighted by molar-refractivity contribution is 5.86. The molecular weight excluding hydrogens is 254 g/mol. The first-order chi connectivity index (χ1) is 9.12. The highest BCUT2D eigenvalue weighted by Crippen LogP contribution is 2.18. The van der Waals surface area contributed by atoms with E-state index >= 15 is 0 Å². The average Bonchev–Trinajstić information content (AvgIpc) is 3.00. The second-order valence-corrected chi connectivity index (χ2v) is 4.25. The van der Waals surface area contributed by atoms with Crippen molar-refractivity contribution >= 4 is 12.0 Å².